The van der Waals surface area contributed by atoms with Gasteiger partial charge in [0.15, 0.2) is 0 Å². The first-order valence-electron chi connectivity index (χ1n) is 8.87. The normalized spacial score (nSPS) is 14.9. The zero-order chi connectivity index (χ0) is 16.8. The number of carbonyl (C=O) groups is 1. The molecule has 0 unspecified atom stereocenters. The molecular weight excluding hydrogens is 332 g/mol. The molecule has 2 N–H and O–H groups in total. The molecular formula is C21H27ClN2O. The maximum Gasteiger partial charge on any atom is 0.232 e. The van der Waals surface area contributed by atoms with Crippen LogP contribution in [-0.4, -0.2) is 30.4 Å². The summed E-state index contributed by atoms with van der Waals surface area (Å²) in [5, 5.41) is 0. The van der Waals surface area contributed by atoms with Gasteiger partial charge in [-0.3, -0.25) is 4.79 Å². The monoisotopic (exact) mass is 358 g/mol. The summed E-state index contributed by atoms with van der Waals surface area (Å²) < 4.78 is 0. The Morgan fingerprint density at radius 1 is 0.920 bits per heavy atom. The maximum atomic E-state index is 12.7. The molecule has 1 saturated heterocycles. The Morgan fingerprint density at radius 3 is 1.84 bits per heavy atom. The lowest BCUT2D eigenvalue weighted by Gasteiger charge is -2.32. The number of amides is 1. The van der Waals surface area contributed by atoms with Gasteiger partial charge in [0.25, 0.3) is 0 Å². The van der Waals surface area contributed by atoms with Gasteiger partial charge in [0.1, 0.15) is 0 Å². The average molecular weight is 359 g/mol. The summed E-state index contributed by atoms with van der Waals surface area (Å²) >= 11 is 0. The number of hydrogen-bond acceptors (Lipinski definition) is 2. The SMILES string of the molecule is Cl.NC(=O)C(CCCN1CCCC1)(c1ccccc1)c1ccccc1. The van der Waals surface area contributed by atoms with Crippen molar-refractivity contribution in [1.82, 2.24) is 4.90 Å². The Morgan fingerprint density at radius 2 is 1.40 bits per heavy atom. The van der Waals surface area contributed by atoms with Gasteiger partial charge >= 0.3 is 0 Å². The van der Waals surface area contributed by atoms with E-state index in [1.54, 1.807) is 0 Å². The molecule has 1 aliphatic rings. The molecule has 0 radical (unpaired) electrons. The smallest absolute Gasteiger partial charge is 0.232 e. The van der Waals surface area contributed by atoms with E-state index in [2.05, 4.69) is 4.90 Å². The van der Waals surface area contributed by atoms with E-state index >= 15 is 0 Å². The van der Waals surface area contributed by atoms with Crippen molar-refractivity contribution in [2.24, 2.45) is 5.73 Å². The number of halogens is 1. The minimum Gasteiger partial charge on any atom is -0.369 e. The van der Waals surface area contributed by atoms with Gasteiger partial charge in [-0.2, -0.15) is 0 Å². The Hall–Kier alpha value is -1.84. The zero-order valence-electron chi connectivity index (χ0n) is 14.6. The molecule has 1 heterocycles. The van der Waals surface area contributed by atoms with Crippen LogP contribution in [0.3, 0.4) is 0 Å². The zero-order valence-corrected chi connectivity index (χ0v) is 15.4. The Labute approximate surface area is 156 Å². The summed E-state index contributed by atoms with van der Waals surface area (Å²) in [6, 6.07) is 20.0. The number of hydrogen-bond donors (Lipinski definition) is 1. The lowest BCUT2D eigenvalue weighted by atomic mass is 9.70. The molecule has 4 heteroatoms. The van der Waals surface area contributed by atoms with Crippen molar-refractivity contribution in [2.75, 3.05) is 19.6 Å². The van der Waals surface area contributed by atoms with Crippen molar-refractivity contribution < 1.29 is 4.79 Å². The number of primary amides is 1. The minimum absolute atomic E-state index is 0. The van der Waals surface area contributed by atoms with Crippen molar-refractivity contribution in [1.29, 1.82) is 0 Å². The number of carbonyl (C=O) groups excluding carboxylic acids is 1. The second-order valence-corrected chi connectivity index (χ2v) is 6.65. The molecule has 25 heavy (non-hydrogen) atoms. The molecule has 0 bridgehead atoms. The Balaban J connectivity index is 0.00000225. The van der Waals surface area contributed by atoms with E-state index < -0.39 is 5.41 Å². The highest BCUT2D eigenvalue weighted by atomic mass is 35.5. The van der Waals surface area contributed by atoms with E-state index in [0.717, 1.165) is 30.5 Å². The van der Waals surface area contributed by atoms with Crippen LogP contribution in [0.2, 0.25) is 0 Å². The van der Waals surface area contributed by atoms with Gasteiger partial charge in [-0.1, -0.05) is 60.7 Å². The molecule has 1 amide bonds. The fourth-order valence-electron chi connectivity index (χ4n) is 3.88. The van der Waals surface area contributed by atoms with Gasteiger partial charge in [-0.15, -0.1) is 12.4 Å². The van der Waals surface area contributed by atoms with Crippen LogP contribution in [0.15, 0.2) is 60.7 Å². The lowest BCUT2D eigenvalue weighted by Crippen LogP contribution is -2.43. The van der Waals surface area contributed by atoms with Gasteiger partial charge in [0, 0.05) is 0 Å². The molecule has 2 aromatic rings. The van der Waals surface area contributed by atoms with E-state index in [1.807, 2.05) is 60.7 Å². The van der Waals surface area contributed by atoms with E-state index in [9.17, 15) is 4.79 Å². The number of likely N-dealkylation sites (tertiary alicyclic amines) is 1. The summed E-state index contributed by atoms with van der Waals surface area (Å²) in [7, 11) is 0. The second kappa shape index (κ2) is 9.02. The van der Waals surface area contributed by atoms with Crippen molar-refractivity contribution in [3.8, 4) is 0 Å². The third-order valence-electron chi connectivity index (χ3n) is 5.18. The molecule has 2 aromatic carbocycles. The van der Waals surface area contributed by atoms with E-state index in [4.69, 9.17) is 5.73 Å². The highest BCUT2D eigenvalue weighted by Crippen LogP contribution is 2.36. The number of benzene rings is 2. The standard InChI is InChI=1S/C21H26N2O.ClH/c22-20(24)21(18-10-3-1-4-11-18,19-12-5-2-6-13-19)14-9-17-23-15-7-8-16-23;/h1-6,10-13H,7-9,14-17H2,(H2,22,24);1H. The lowest BCUT2D eigenvalue weighted by molar-refractivity contribution is -0.122. The summed E-state index contributed by atoms with van der Waals surface area (Å²) in [5.41, 5.74) is 7.21. The molecule has 3 nitrogen and oxygen atoms in total. The summed E-state index contributed by atoms with van der Waals surface area (Å²) in [6.07, 6.45) is 4.29. The Bertz CT molecular complexity index is 615. The van der Waals surface area contributed by atoms with Crippen molar-refractivity contribution >= 4 is 18.3 Å². The molecule has 0 saturated carbocycles. The first kappa shape index (κ1) is 19.5. The third kappa shape index (κ3) is 4.23. The Kier molecular flexibility index (Phi) is 7.03. The molecule has 0 aromatic heterocycles. The summed E-state index contributed by atoms with van der Waals surface area (Å²) in [5.74, 6) is -0.263. The highest BCUT2D eigenvalue weighted by Gasteiger charge is 2.39. The minimum atomic E-state index is -0.748. The first-order valence-corrected chi connectivity index (χ1v) is 8.87. The van der Waals surface area contributed by atoms with Crippen molar-refractivity contribution in [2.45, 2.75) is 31.1 Å². The molecule has 134 valence electrons. The van der Waals surface area contributed by atoms with Crippen LogP contribution in [0.1, 0.15) is 36.8 Å². The van der Waals surface area contributed by atoms with Crippen LogP contribution >= 0.6 is 12.4 Å². The maximum absolute atomic E-state index is 12.7. The average Bonchev–Trinajstić information content (AvgIpc) is 3.13. The van der Waals surface area contributed by atoms with Crippen LogP contribution in [0.25, 0.3) is 0 Å². The molecule has 0 aliphatic carbocycles. The number of nitrogens with zero attached hydrogens (tertiary/aromatic N) is 1. The van der Waals surface area contributed by atoms with Crippen LogP contribution in [-0.2, 0) is 10.2 Å². The van der Waals surface area contributed by atoms with Gasteiger partial charge in [0.05, 0.1) is 5.41 Å². The predicted octanol–water partition coefficient (Wildman–Crippen LogP) is 3.76. The summed E-state index contributed by atoms with van der Waals surface area (Å²) in [4.78, 5) is 15.1. The van der Waals surface area contributed by atoms with E-state index in [-0.39, 0.29) is 18.3 Å². The fraction of sp³-hybridized carbons (Fsp3) is 0.381. The first-order chi connectivity index (χ1) is 11.7. The summed E-state index contributed by atoms with van der Waals surface area (Å²) in [6.45, 7) is 3.40. The molecule has 0 spiro atoms. The third-order valence-corrected chi connectivity index (χ3v) is 5.18. The van der Waals surface area contributed by atoms with E-state index in [1.165, 1.54) is 25.9 Å². The van der Waals surface area contributed by atoms with Crippen LogP contribution in [0.4, 0.5) is 0 Å². The fourth-order valence-corrected chi connectivity index (χ4v) is 3.88. The number of rotatable bonds is 7. The van der Waals surface area contributed by atoms with Gasteiger partial charge in [0.2, 0.25) is 5.91 Å². The van der Waals surface area contributed by atoms with Crippen LogP contribution in [0, 0.1) is 0 Å². The van der Waals surface area contributed by atoms with Crippen LogP contribution < -0.4 is 5.73 Å². The molecule has 3 rings (SSSR count). The van der Waals surface area contributed by atoms with Gasteiger partial charge < -0.3 is 10.6 Å². The number of nitrogens with two attached hydrogens (primary N) is 1. The van der Waals surface area contributed by atoms with Crippen molar-refractivity contribution in [3.63, 3.8) is 0 Å². The van der Waals surface area contributed by atoms with Gasteiger partial charge in [-0.05, 0) is 56.4 Å². The molecule has 0 atom stereocenters. The molecule has 1 aliphatic heterocycles. The quantitative estimate of drug-likeness (QED) is 0.819. The van der Waals surface area contributed by atoms with E-state index in [0.29, 0.717) is 0 Å². The van der Waals surface area contributed by atoms with Crippen molar-refractivity contribution in [3.05, 3.63) is 71.8 Å². The highest BCUT2D eigenvalue weighted by molar-refractivity contribution is 5.90. The van der Waals surface area contributed by atoms with Crippen LogP contribution in [0.5, 0.6) is 0 Å². The predicted molar refractivity (Wildman–Crippen MR) is 105 cm³/mol. The van der Waals surface area contributed by atoms with Gasteiger partial charge in [-0.25, -0.2) is 0 Å². The second-order valence-electron chi connectivity index (χ2n) is 6.65. The largest absolute Gasteiger partial charge is 0.369 e. The molecule has 1 fully saturated rings. The topological polar surface area (TPSA) is 46.3 Å².